The number of hydrogen-bond acceptors (Lipinski definition) is 4. The third-order valence-corrected chi connectivity index (χ3v) is 5.40. The van der Waals surface area contributed by atoms with E-state index in [2.05, 4.69) is 34.0 Å². The molecule has 0 spiro atoms. The molecule has 0 radical (unpaired) electrons. The third kappa shape index (κ3) is 2.44. The van der Waals surface area contributed by atoms with Crippen LogP contribution >= 0.6 is 0 Å². The van der Waals surface area contributed by atoms with Crippen LogP contribution < -0.4 is 11.3 Å². The Morgan fingerprint density at radius 2 is 1.93 bits per heavy atom. The van der Waals surface area contributed by atoms with E-state index in [1.54, 1.807) is 18.5 Å². The van der Waals surface area contributed by atoms with Crippen LogP contribution in [0.2, 0.25) is 0 Å². The zero-order valence-electron chi connectivity index (χ0n) is 15.9. The number of nitrogens with one attached hydrogen (secondary N) is 2. The molecule has 0 saturated heterocycles. The Morgan fingerprint density at radius 1 is 1.10 bits per heavy atom. The molecule has 0 amide bonds. The maximum atomic E-state index is 14.2. The second kappa shape index (κ2) is 6.13. The monoisotopic (exact) mass is 387 g/mol. The molecule has 0 aliphatic heterocycles. The molecule has 5 aromatic rings. The van der Waals surface area contributed by atoms with Crippen LogP contribution in [0, 0.1) is 5.82 Å². The molecule has 7 heteroatoms. The molecule has 0 fully saturated rings. The Labute approximate surface area is 164 Å². The van der Waals surface area contributed by atoms with Gasteiger partial charge in [0, 0.05) is 27.9 Å². The summed E-state index contributed by atoms with van der Waals surface area (Å²) in [7, 11) is 0. The van der Waals surface area contributed by atoms with Crippen LogP contribution in [0.4, 0.5) is 10.1 Å². The number of pyridine rings is 2. The van der Waals surface area contributed by atoms with E-state index in [9.17, 15) is 9.18 Å². The van der Waals surface area contributed by atoms with Gasteiger partial charge in [0.2, 0.25) is 0 Å². The average molecular weight is 387 g/mol. The fraction of sp³-hybridized carbons (Fsp3) is 0.136. The van der Waals surface area contributed by atoms with E-state index >= 15 is 0 Å². The number of benzene rings is 2. The number of nitrogens with two attached hydrogens (primary N) is 1. The minimum atomic E-state index is -0.411. The van der Waals surface area contributed by atoms with E-state index in [1.807, 2.05) is 18.2 Å². The molecule has 0 bridgehead atoms. The molecule has 144 valence electrons. The van der Waals surface area contributed by atoms with Crippen molar-refractivity contribution in [1.29, 1.82) is 0 Å². The number of H-pyrrole nitrogens is 2. The summed E-state index contributed by atoms with van der Waals surface area (Å²) in [6.45, 7) is 4.19. The molecule has 3 heterocycles. The van der Waals surface area contributed by atoms with Crippen molar-refractivity contribution in [3.05, 3.63) is 64.5 Å². The number of halogens is 1. The minimum Gasteiger partial charge on any atom is -0.394 e. The Bertz CT molecular complexity index is 1480. The zero-order valence-corrected chi connectivity index (χ0v) is 15.9. The van der Waals surface area contributed by atoms with Gasteiger partial charge < -0.3 is 10.7 Å². The Kier molecular flexibility index (Phi) is 3.67. The SMILES string of the molecule is CC(C)c1cc2c(-c3ccc(F)c4[nH]ncc34)c(N)c(=O)[nH]c2c2cccnc12. The zero-order chi connectivity index (χ0) is 20.3. The second-order valence-electron chi connectivity index (χ2n) is 7.44. The largest absolute Gasteiger partial charge is 0.394 e. The van der Waals surface area contributed by atoms with Crippen LogP contribution in [0.3, 0.4) is 0 Å². The van der Waals surface area contributed by atoms with Crippen LogP contribution in [0.25, 0.3) is 43.8 Å². The van der Waals surface area contributed by atoms with Gasteiger partial charge in [-0.3, -0.25) is 14.9 Å². The van der Waals surface area contributed by atoms with Crippen molar-refractivity contribution in [3.8, 4) is 11.1 Å². The number of hydrogen-bond donors (Lipinski definition) is 3. The molecule has 5 rings (SSSR count). The number of anilines is 1. The molecular weight excluding hydrogens is 369 g/mol. The van der Waals surface area contributed by atoms with Gasteiger partial charge in [0.05, 0.1) is 17.2 Å². The summed E-state index contributed by atoms with van der Waals surface area (Å²) in [4.78, 5) is 20.2. The van der Waals surface area contributed by atoms with E-state index in [0.717, 1.165) is 21.9 Å². The highest BCUT2D eigenvalue weighted by molar-refractivity contribution is 6.15. The molecule has 0 atom stereocenters. The van der Waals surface area contributed by atoms with E-state index in [0.29, 0.717) is 22.0 Å². The van der Waals surface area contributed by atoms with E-state index in [4.69, 9.17) is 5.73 Å². The standard InChI is InChI=1S/C22H18FN5O/c1-10(2)13-8-14-17(11-5-6-16(23)21-15(11)9-26-28-21)18(24)22(29)27-20(14)12-4-3-7-25-19(12)13/h3-10H,24H2,1-2H3,(H,26,28)(H,27,29). The van der Waals surface area contributed by atoms with Crippen LogP contribution in [0.1, 0.15) is 25.3 Å². The second-order valence-corrected chi connectivity index (χ2v) is 7.44. The smallest absolute Gasteiger partial charge is 0.272 e. The van der Waals surface area contributed by atoms with Gasteiger partial charge in [0.25, 0.3) is 5.56 Å². The van der Waals surface area contributed by atoms with Crippen molar-refractivity contribution in [1.82, 2.24) is 20.2 Å². The first-order valence-corrected chi connectivity index (χ1v) is 9.32. The first kappa shape index (κ1) is 17.4. The molecule has 4 N–H and O–H groups in total. The van der Waals surface area contributed by atoms with Gasteiger partial charge in [-0.2, -0.15) is 5.10 Å². The van der Waals surface area contributed by atoms with Crippen molar-refractivity contribution in [2.75, 3.05) is 5.73 Å². The summed E-state index contributed by atoms with van der Waals surface area (Å²) in [5.41, 5.74) is 10.0. The maximum Gasteiger partial charge on any atom is 0.272 e. The lowest BCUT2D eigenvalue weighted by Gasteiger charge is -2.16. The molecule has 0 saturated carbocycles. The van der Waals surface area contributed by atoms with Crippen molar-refractivity contribution in [2.45, 2.75) is 19.8 Å². The van der Waals surface area contributed by atoms with Gasteiger partial charge in [-0.15, -0.1) is 0 Å². The molecule has 0 unspecified atom stereocenters. The molecule has 29 heavy (non-hydrogen) atoms. The van der Waals surface area contributed by atoms with Gasteiger partial charge in [-0.1, -0.05) is 19.9 Å². The van der Waals surface area contributed by atoms with Gasteiger partial charge in [-0.25, -0.2) is 4.39 Å². The lowest BCUT2D eigenvalue weighted by Crippen LogP contribution is -2.14. The highest BCUT2D eigenvalue weighted by atomic mass is 19.1. The average Bonchev–Trinajstić information content (AvgIpc) is 3.20. The highest BCUT2D eigenvalue weighted by Crippen LogP contribution is 2.39. The van der Waals surface area contributed by atoms with Gasteiger partial charge in [0.15, 0.2) is 0 Å². The lowest BCUT2D eigenvalue weighted by molar-refractivity contribution is 0.636. The minimum absolute atomic E-state index is 0.0876. The molecule has 0 aliphatic rings. The van der Waals surface area contributed by atoms with Gasteiger partial charge in [-0.05, 0) is 41.3 Å². The Hall–Kier alpha value is -3.74. The number of nitrogen functional groups attached to an aromatic ring is 1. The van der Waals surface area contributed by atoms with Crippen LogP contribution in [-0.4, -0.2) is 20.2 Å². The summed E-state index contributed by atoms with van der Waals surface area (Å²) in [5, 5.41) is 8.86. The lowest BCUT2D eigenvalue weighted by atomic mass is 9.91. The van der Waals surface area contributed by atoms with Crippen molar-refractivity contribution >= 4 is 38.4 Å². The first-order valence-electron chi connectivity index (χ1n) is 9.32. The van der Waals surface area contributed by atoms with Crippen molar-refractivity contribution in [3.63, 3.8) is 0 Å². The number of nitrogens with zero attached hydrogens (tertiary/aromatic N) is 2. The molecule has 2 aromatic carbocycles. The molecule has 0 aliphatic carbocycles. The fourth-order valence-electron chi connectivity index (χ4n) is 4.00. The normalized spacial score (nSPS) is 11.9. The third-order valence-electron chi connectivity index (χ3n) is 5.40. The number of fused-ring (bicyclic) bond motifs is 4. The van der Waals surface area contributed by atoms with Crippen LogP contribution in [0.15, 0.2) is 47.5 Å². The van der Waals surface area contributed by atoms with Crippen LogP contribution in [-0.2, 0) is 0 Å². The van der Waals surface area contributed by atoms with Gasteiger partial charge in [0.1, 0.15) is 17.0 Å². The Balaban J connectivity index is 2.03. The number of aromatic nitrogens is 4. The molecule has 3 aromatic heterocycles. The fourth-order valence-corrected chi connectivity index (χ4v) is 4.00. The Morgan fingerprint density at radius 3 is 2.72 bits per heavy atom. The predicted octanol–water partition coefficient (Wildman–Crippen LogP) is 4.46. The molecular formula is C22H18FN5O. The highest BCUT2D eigenvalue weighted by Gasteiger charge is 2.20. The summed E-state index contributed by atoms with van der Waals surface area (Å²) in [5.74, 6) is -0.202. The van der Waals surface area contributed by atoms with Crippen molar-refractivity contribution in [2.24, 2.45) is 0 Å². The topological polar surface area (TPSA) is 100 Å². The summed E-state index contributed by atoms with van der Waals surface area (Å²) in [6, 6.07) is 8.79. The summed E-state index contributed by atoms with van der Waals surface area (Å²) >= 11 is 0. The van der Waals surface area contributed by atoms with Gasteiger partial charge >= 0.3 is 0 Å². The van der Waals surface area contributed by atoms with E-state index in [-0.39, 0.29) is 17.1 Å². The first-order chi connectivity index (χ1) is 14.0. The van der Waals surface area contributed by atoms with Crippen molar-refractivity contribution < 1.29 is 4.39 Å². The summed E-state index contributed by atoms with van der Waals surface area (Å²) < 4.78 is 14.2. The number of aromatic amines is 2. The predicted molar refractivity (Wildman–Crippen MR) is 113 cm³/mol. The number of rotatable bonds is 2. The van der Waals surface area contributed by atoms with Crippen LogP contribution in [0.5, 0.6) is 0 Å². The van der Waals surface area contributed by atoms with E-state index < -0.39 is 11.4 Å². The maximum absolute atomic E-state index is 14.2. The van der Waals surface area contributed by atoms with E-state index in [1.165, 1.54) is 6.07 Å². The molecule has 6 nitrogen and oxygen atoms in total. The summed E-state index contributed by atoms with van der Waals surface area (Å²) in [6.07, 6.45) is 3.29. The quantitative estimate of drug-likeness (QED) is 0.389.